The molecule has 0 aromatic carbocycles. The van der Waals surface area contributed by atoms with Crippen LogP contribution in [0.5, 0.6) is 0 Å². The smallest absolute Gasteiger partial charge is 0.327 e. The van der Waals surface area contributed by atoms with Crippen LogP contribution >= 0.6 is 11.8 Å². The first-order valence-electron chi connectivity index (χ1n) is 5.71. The molecule has 1 rings (SSSR count). The van der Waals surface area contributed by atoms with E-state index in [1.54, 1.807) is 0 Å². The van der Waals surface area contributed by atoms with Crippen LogP contribution in [0.4, 0.5) is 0 Å². The fourth-order valence-corrected chi connectivity index (χ4v) is 3.37. The van der Waals surface area contributed by atoms with E-state index in [0.29, 0.717) is 5.75 Å². The Bertz CT molecular complexity index is 516. The Balaban J connectivity index is 2.75. The van der Waals surface area contributed by atoms with Crippen molar-refractivity contribution in [2.75, 3.05) is 18.1 Å². The molecule has 0 aromatic heterocycles. The lowest BCUT2D eigenvalue weighted by atomic mass is 10.1. The topological polar surface area (TPSA) is 129 Å². The summed E-state index contributed by atoms with van der Waals surface area (Å²) < 4.78 is 30.4. The second-order valence-electron chi connectivity index (χ2n) is 4.52. The van der Waals surface area contributed by atoms with Crippen LogP contribution in [0.2, 0.25) is 0 Å². The summed E-state index contributed by atoms with van der Waals surface area (Å²) in [5.74, 6) is -2.86. The summed E-state index contributed by atoms with van der Waals surface area (Å²) in [4.78, 5) is 34.6. The van der Waals surface area contributed by atoms with E-state index < -0.39 is 33.8 Å². The van der Waals surface area contributed by atoms with E-state index in [1.165, 1.54) is 6.92 Å². The zero-order valence-corrected chi connectivity index (χ0v) is 12.3. The number of carbonyl (C=O) groups excluding carboxylic acids is 2. The molecule has 114 valence electrons. The highest BCUT2D eigenvalue weighted by Gasteiger charge is 2.39. The molecule has 0 spiro atoms. The van der Waals surface area contributed by atoms with Gasteiger partial charge in [0.2, 0.25) is 5.91 Å². The van der Waals surface area contributed by atoms with Gasteiger partial charge in [-0.2, -0.15) is 8.42 Å². The Morgan fingerprint density at radius 1 is 1.50 bits per heavy atom. The highest BCUT2D eigenvalue weighted by atomic mass is 32.2. The van der Waals surface area contributed by atoms with Crippen LogP contribution in [0.15, 0.2) is 0 Å². The number of carboxylic acid groups (broad SMARTS) is 1. The van der Waals surface area contributed by atoms with Gasteiger partial charge in [-0.25, -0.2) is 4.79 Å². The number of carboxylic acids is 1. The van der Waals surface area contributed by atoms with E-state index in [1.807, 2.05) is 0 Å². The summed E-state index contributed by atoms with van der Waals surface area (Å²) in [7, 11) is -4.51. The summed E-state index contributed by atoms with van der Waals surface area (Å²) in [6, 6.07) is -1.61. The Morgan fingerprint density at radius 3 is 2.55 bits per heavy atom. The first kappa shape index (κ1) is 16.9. The van der Waals surface area contributed by atoms with E-state index in [-0.39, 0.29) is 24.0 Å². The van der Waals surface area contributed by atoms with Crippen molar-refractivity contribution < 1.29 is 32.5 Å². The van der Waals surface area contributed by atoms with E-state index in [9.17, 15) is 22.8 Å². The van der Waals surface area contributed by atoms with Crippen LogP contribution in [0.25, 0.3) is 0 Å². The Morgan fingerprint density at radius 2 is 2.10 bits per heavy atom. The SMILES string of the molecule is CC(=O)SCC1CC(=O)N(C(CS(=O)(=O)O)C(=O)O)C1. The normalized spacial score (nSPS) is 21.0. The molecular formula is C10H15NO7S2. The number of carbonyl (C=O) groups is 3. The number of aliphatic carboxylic acids is 1. The van der Waals surface area contributed by atoms with Gasteiger partial charge < -0.3 is 10.0 Å². The number of thioether (sulfide) groups is 1. The molecule has 2 unspecified atom stereocenters. The van der Waals surface area contributed by atoms with Gasteiger partial charge in [-0.05, 0) is 5.92 Å². The molecular weight excluding hydrogens is 310 g/mol. The summed E-state index contributed by atoms with van der Waals surface area (Å²) in [6.07, 6.45) is 0.0650. The van der Waals surface area contributed by atoms with Crippen molar-refractivity contribution in [2.24, 2.45) is 5.92 Å². The van der Waals surface area contributed by atoms with Crippen molar-refractivity contribution in [1.29, 1.82) is 0 Å². The molecule has 20 heavy (non-hydrogen) atoms. The van der Waals surface area contributed by atoms with Crippen LogP contribution in [0.3, 0.4) is 0 Å². The number of hydrogen-bond donors (Lipinski definition) is 2. The number of likely N-dealkylation sites (tertiary alicyclic amines) is 1. The van der Waals surface area contributed by atoms with E-state index in [4.69, 9.17) is 9.66 Å². The standard InChI is InChI=1S/C10H15NO7S2/c1-6(12)19-4-7-2-9(13)11(3-7)8(10(14)15)5-20(16,17)18/h7-8H,2-5H2,1H3,(H,14,15)(H,16,17,18). The van der Waals surface area contributed by atoms with Gasteiger partial charge in [0.25, 0.3) is 10.1 Å². The van der Waals surface area contributed by atoms with E-state index in [2.05, 4.69) is 0 Å². The molecule has 0 bridgehead atoms. The first-order valence-corrected chi connectivity index (χ1v) is 8.30. The maximum absolute atomic E-state index is 11.8. The first-order chi connectivity index (χ1) is 9.10. The summed E-state index contributed by atoms with van der Waals surface area (Å²) in [6.45, 7) is 1.45. The van der Waals surface area contributed by atoms with Gasteiger partial charge >= 0.3 is 5.97 Å². The van der Waals surface area contributed by atoms with Crippen LogP contribution in [-0.2, 0) is 24.5 Å². The molecule has 2 N–H and O–H groups in total. The predicted molar refractivity (Wildman–Crippen MR) is 70.8 cm³/mol. The van der Waals surface area contributed by atoms with Crippen molar-refractivity contribution in [3.63, 3.8) is 0 Å². The Hall–Kier alpha value is -1.13. The van der Waals surface area contributed by atoms with Crippen LogP contribution in [0.1, 0.15) is 13.3 Å². The van der Waals surface area contributed by atoms with Crippen molar-refractivity contribution in [1.82, 2.24) is 4.90 Å². The molecule has 1 amide bonds. The van der Waals surface area contributed by atoms with Crippen molar-refractivity contribution in [3.8, 4) is 0 Å². The second-order valence-corrected chi connectivity index (χ2v) is 7.22. The molecule has 1 aliphatic heterocycles. The zero-order valence-electron chi connectivity index (χ0n) is 10.7. The van der Waals surface area contributed by atoms with Crippen LogP contribution in [-0.4, -0.2) is 64.1 Å². The van der Waals surface area contributed by atoms with Gasteiger partial charge in [-0.15, -0.1) is 0 Å². The van der Waals surface area contributed by atoms with Gasteiger partial charge in [0.1, 0.15) is 11.8 Å². The summed E-state index contributed by atoms with van der Waals surface area (Å²) >= 11 is 1.03. The van der Waals surface area contributed by atoms with Crippen molar-refractivity contribution in [2.45, 2.75) is 19.4 Å². The maximum atomic E-state index is 11.8. The minimum atomic E-state index is -4.51. The predicted octanol–water partition coefficient (Wildman–Crippen LogP) is -0.544. The second kappa shape index (κ2) is 6.55. The molecule has 10 heteroatoms. The fourth-order valence-electron chi connectivity index (χ4n) is 1.95. The van der Waals surface area contributed by atoms with Gasteiger partial charge in [0.05, 0.1) is 0 Å². The third kappa shape index (κ3) is 5.10. The van der Waals surface area contributed by atoms with Crippen molar-refractivity contribution >= 4 is 38.9 Å². The summed E-state index contributed by atoms with van der Waals surface area (Å²) in [5, 5.41) is 8.88. The minimum absolute atomic E-state index is 0.0611. The lowest BCUT2D eigenvalue weighted by Gasteiger charge is -2.23. The van der Waals surface area contributed by atoms with Crippen molar-refractivity contribution in [3.05, 3.63) is 0 Å². The molecule has 0 saturated carbocycles. The average molecular weight is 325 g/mol. The van der Waals surface area contributed by atoms with Gasteiger partial charge in [-0.1, -0.05) is 11.8 Å². The minimum Gasteiger partial charge on any atom is -0.480 e. The molecule has 0 aromatic rings. The third-order valence-electron chi connectivity index (χ3n) is 2.79. The molecule has 1 fully saturated rings. The number of rotatable bonds is 6. The maximum Gasteiger partial charge on any atom is 0.327 e. The largest absolute Gasteiger partial charge is 0.480 e. The van der Waals surface area contributed by atoms with E-state index in [0.717, 1.165) is 16.7 Å². The van der Waals surface area contributed by atoms with Crippen LogP contribution < -0.4 is 0 Å². The summed E-state index contributed by atoms with van der Waals surface area (Å²) in [5.41, 5.74) is 0. The third-order valence-corrected chi connectivity index (χ3v) is 4.57. The molecule has 0 aliphatic carbocycles. The highest BCUT2D eigenvalue weighted by molar-refractivity contribution is 8.13. The lowest BCUT2D eigenvalue weighted by molar-refractivity contribution is -0.147. The monoisotopic (exact) mass is 325 g/mol. The van der Waals surface area contributed by atoms with E-state index >= 15 is 0 Å². The molecule has 8 nitrogen and oxygen atoms in total. The molecule has 2 atom stereocenters. The van der Waals surface area contributed by atoms with Gasteiger partial charge in [0.15, 0.2) is 5.12 Å². The molecule has 1 aliphatic rings. The molecule has 0 radical (unpaired) electrons. The quantitative estimate of drug-likeness (QED) is 0.623. The fraction of sp³-hybridized carbons (Fsp3) is 0.700. The van der Waals surface area contributed by atoms with Gasteiger partial charge in [0, 0.05) is 25.6 Å². The Kier molecular flexibility index (Phi) is 5.54. The average Bonchev–Trinajstić information content (AvgIpc) is 2.63. The number of hydrogen-bond acceptors (Lipinski definition) is 6. The molecule has 1 heterocycles. The van der Waals surface area contributed by atoms with Crippen LogP contribution in [0, 0.1) is 5.92 Å². The Labute approximate surface area is 120 Å². The highest BCUT2D eigenvalue weighted by Crippen LogP contribution is 2.24. The number of nitrogens with zero attached hydrogens (tertiary/aromatic N) is 1. The number of amides is 1. The molecule has 1 saturated heterocycles. The van der Waals surface area contributed by atoms with Gasteiger partial charge in [-0.3, -0.25) is 14.1 Å². The zero-order chi connectivity index (χ0) is 15.5. The lowest BCUT2D eigenvalue weighted by Crippen LogP contribution is -2.46.